The van der Waals surface area contributed by atoms with Gasteiger partial charge in [0.2, 0.25) is 11.8 Å². The molecule has 15 heteroatoms. The fraction of sp³-hybridized carbons (Fsp3) is 0.465. The first kappa shape index (κ1) is 63.4. The van der Waals surface area contributed by atoms with Gasteiger partial charge >= 0.3 is 5.97 Å². The molecule has 5 aromatic carbocycles. The molecule has 86 heavy (non-hydrogen) atoms. The molecule has 0 bridgehead atoms. The molecule has 2 aliphatic carbocycles. The normalized spacial score (nSPS) is 17.8. The molecular formula is C71H89N6O9-. The summed E-state index contributed by atoms with van der Waals surface area (Å²) in [7, 11) is 11.0. The zero-order valence-corrected chi connectivity index (χ0v) is 51.3. The largest absolute Gasteiger partial charge is 0.660 e. The van der Waals surface area contributed by atoms with Crippen molar-refractivity contribution in [2.45, 2.75) is 108 Å². The van der Waals surface area contributed by atoms with E-state index in [1.54, 1.807) is 39.2 Å². The van der Waals surface area contributed by atoms with E-state index < -0.39 is 17.6 Å². The maximum Gasteiger partial charge on any atom is 0.335 e. The molecule has 2 aliphatic heterocycles. The first-order chi connectivity index (χ1) is 41.8. The van der Waals surface area contributed by atoms with Gasteiger partial charge in [-0.2, -0.15) is 7.05 Å². The van der Waals surface area contributed by atoms with Crippen molar-refractivity contribution < 1.29 is 43.6 Å². The first-order valence-electron chi connectivity index (χ1n) is 31.1. The zero-order valence-electron chi connectivity index (χ0n) is 51.3. The third-order valence-corrected chi connectivity index (χ3v) is 19.1. The Balaban J connectivity index is 0.000000156. The number of nitrogens with one attached hydrogen (secondary N) is 2. The fourth-order valence-corrected chi connectivity index (χ4v) is 14.0. The van der Waals surface area contributed by atoms with E-state index in [9.17, 15) is 29.4 Å². The number of aromatic carboxylic acids is 1. The number of carboxylic acid groups (broad SMARTS) is 1. The quantitative estimate of drug-likeness (QED) is 0.0572. The van der Waals surface area contributed by atoms with Crippen LogP contribution in [0.25, 0.3) is 27.1 Å². The number of benzene rings is 5. The summed E-state index contributed by atoms with van der Waals surface area (Å²) in [5.74, 6) is 1.83. The van der Waals surface area contributed by atoms with Gasteiger partial charge in [-0.05, 0) is 159 Å². The number of ether oxygens (including phenoxy) is 3. The summed E-state index contributed by atoms with van der Waals surface area (Å²) in [4.78, 5) is 49.5. The smallest absolute Gasteiger partial charge is 0.335 e. The van der Waals surface area contributed by atoms with Crippen molar-refractivity contribution >= 4 is 45.5 Å². The summed E-state index contributed by atoms with van der Waals surface area (Å²) < 4.78 is 22.4. The molecule has 2 aromatic heterocycles. The number of rotatable bonds is 19. The van der Waals surface area contributed by atoms with E-state index in [2.05, 4.69) is 81.6 Å². The van der Waals surface area contributed by atoms with E-state index in [0.29, 0.717) is 48.8 Å². The van der Waals surface area contributed by atoms with Crippen molar-refractivity contribution in [1.82, 2.24) is 24.7 Å². The van der Waals surface area contributed by atoms with Gasteiger partial charge in [0.15, 0.2) is 0 Å². The summed E-state index contributed by atoms with van der Waals surface area (Å²) in [5, 5.41) is 31.2. The molecule has 2 saturated heterocycles. The van der Waals surface area contributed by atoms with Crippen molar-refractivity contribution in [3.63, 3.8) is 0 Å². The molecule has 4 atom stereocenters. The predicted octanol–water partition coefficient (Wildman–Crippen LogP) is 11.0. The molecule has 0 saturated carbocycles. The van der Waals surface area contributed by atoms with Gasteiger partial charge in [-0.15, -0.1) is 6.04 Å². The lowest BCUT2D eigenvalue weighted by Gasteiger charge is -2.39. The maximum atomic E-state index is 13.3. The summed E-state index contributed by atoms with van der Waals surface area (Å²) in [5.41, 5.74) is 11.3. The van der Waals surface area contributed by atoms with E-state index in [1.165, 1.54) is 59.1 Å². The number of aromatic nitrogens is 2. The Hall–Kier alpha value is -7.14. The molecule has 4 heterocycles. The predicted molar refractivity (Wildman–Crippen MR) is 339 cm³/mol. The van der Waals surface area contributed by atoms with E-state index in [0.717, 1.165) is 104 Å². The van der Waals surface area contributed by atoms with E-state index in [-0.39, 0.29) is 36.8 Å². The van der Waals surface area contributed by atoms with Crippen LogP contribution in [0.5, 0.6) is 0 Å². The van der Waals surface area contributed by atoms with Gasteiger partial charge in [-0.1, -0.05) is 97.4 Å². The first-order valence-corrected chi connectivity index (χ1v) is 31.1. The monoisotopic (exact) mass is 1170 g/mol. The highest BCUT2D eigenvalue weighted by atomic mass is 16.5. The molecule has 4 N–H and O–H groups in total. The standard InChI is InChI=1S/C26H37N3O4.C26H29N2O2.C19H23NO3/c1-27-25(31)9-6-20(16-30)28(2)26(32)19-5-8-24-22(15-19)21-14-18(4-7-23(21)29(24)3)17-10-12-33-13-11-17;1-27-24(18-19-25(29)28-2)20-30-26(21-12-6-3-7-13-21,22-14-8-4-9-15-22)23-16-10-5-11-17-23;1-20-17-4-2-13(12-6-8-23-9-7-12)10-15(17)16-11-14(19(21)22)3-5-18(16)20/h5,8,15,17-18,20,30H,4,6-7,9-14,16H2,1-3H3,(H,27,31);3-17,24H,18-20H2,1-2H3,(H,28,29);3,5,11-13H,2,4,6-10H2,1H3,(H,21,22)/q;-1;/t18-,20+;24-;13-/m101/s1. The number of hydrogen-bond acceptors (Lipinski definition) is 8. The Morgan fingerprint density at radius 1 is 0.628 bits per heavy atom. The number of aliphatic hydroxyl groups is 1. The molecule has 7 aromatic rings. The van der Waals surface area contributed by atoms with Gasteiger partial charge in [0, 0.05) is 120 Å². The number of carboxylic acids is 1. The number of likely N-dealkylation sites (N-methyl/N-ethyl adjacent to an activating group) is 2. The van der Waals surface area contributed by atoms with Gasteiger partial charge in [-0.25, -0.2) is 4.79 Å². The van der Waals surface area contributed by atoms with Crippen LogP contribution in [0.3, 0.4) is 0 Å². The van der Waals surface area contributed by atoms with Gasteiger partial charge in [-0.3, -0.25) is 14.4 Å². The second-order valence-corrected chi connectivity index (χ2v) is 23.8. The lowest BCUT2D eigenvalue weighted by Crippen LogP contribution is -2.40. The molecule has 4 aliphatic rings. The minimum atomic E-state index is -0.846. The number of carbonyl (C=O) groups is 4. The summed E-state index contributed by atoms with van der Waals surface area (Å²) in [6.45, 7) is 3.78. The van der Waals surface area contributed by atoms with Crippen molar-refractivity contribution in [2.75, 3.05) is 67.8 Å². The van der Waals surface area contributed by atoms with Crippen molar-refractivity contribution in [2.24, 2.45) is 37.8 Å². The minimum Gasteiger partial charge on any atom is -0.660 e. The van der Waals surface area contributed by atoms with Crippen LogP contribution in [-0.4, -0.2) is 128 Å². The van der Waals surface area contributed by atoms with Crippen LogP contribution in [0.1, 0.15) is 124 Å². The Labute approximate surface area is 507 Å². The highest BCUT2D eigenvalue weighted by molar-refractivity contribution is 5.99. The van der Waals surface area contributed by atoms with Crippen LogP contribution in [-0.2, 0) is 69.2 Å². The van der Waals surface area contributed by atoms with Crippen molar-refractivity contribution in [1.29, 1.82) is 0 Å². The third kappa shape index (κ3) is 14.5. The molecule has 0 unspecified atom stereocenters. The zero-order chi connectivity index (χ0) is 60.7. The Kier molecular flexibility index (Phi) is 22.1. The van der Waals surface area contributed by atoms with Crippen LogP contribution in [0.2, 0.25) is 0 Å². The van der Waals surface area contributed by atoms with E-state index >= 15 is 0 Å². The number of fused-ring (bicyclic) bond motifs is 6. The van der Waals surface area contributed by atoms with Crippen LogP contribution in [0.15, 0.2) is 127 Å². The van der Waals surface area contributed by atoms with Crippen molar-refractivity contribution in [3.8, 4) is 0 Å². The number of aryl methyl sites for hydroxylation is 2. The number of aliphatic hydroxyl groups excluding tert-OH is 1. The van der Waals surface area contributed by atoms with Gasteiger partial charge in [0.25, 0.3) is 5.91 Å². The number of hydrogen-bond donors (Lipinski definition) is 4. The van der Waals surface area contributed by atoms with Gasteiger partial charge in [0.05, 0.1) is 18.2 Å². The third-order valence-electron chi connectivity index (χ3n) is 19.1. The highest BCUT2D eigenvalue weighted by Crippen LogP contribution is 2.43. The Morgan fingerprint density at radius 3 is 1.48 bits per heavy atom. The Morgan fingerprint density at radius 2 is 1.06 bits per heavy atom. The molecular weight excluding hydrogens is 1080 g/mol. The van der Waals surface area contributed by atoms with Crippen LogP contribution in [0, 0.1) is 23.7 Å². The van der Waals surface area contributed by atoms with Gasteiger partial charge < -0.3 is 54.4 Å². The molecule has 2 fully saturated rings. The fourth-order valence-electron chi connectivity index (χ4n) is 14.0. The van der Waals surface area contributed by atoms with Crippen LogP contribution < -0.4 is 10.6 Å². The Bertz CT molecular complexity index is 3270. The highest BCUT2D eigenvalue weighted by Gasteiger charge is 2.38. The second kappa shape index (κ2) is 30.0. The lowest BCUT2D eigenvalue weighted by atomic mass is 9.75. The van der Waals surface area contributed by atoms with Crippen LogP contribution >= 0.6 is 0 Å². The molecule has 458 valence electrons. The maximum absolute atomic E-state index is 13.3. The van der Waals surface area contributed by atoms with Gasteiger partial charge in [0.1, 0.15) is 5.60 Å². The average Bonchev–Trinajstić information content (AvgIpc) is 1.71. The van der Waals surface area contributed by atoms with E-state index in [1.807, 2.05) is 78.9 Å². The average molecular weight is 1170 g/mol. The molecule has 15 nitrogen and oxygen atoms in total. The van der Waals surface area contributed by atoms with Crippen LogP contribution in [0.4, 0.5) is 0 Å². The summed E-state index contributed by atoms with van der Waals surface area (Å²) in [6, 6.07) is 41.9. The number of carbonyl (C=O) groups excluding carboxylic acids is 3. The number of nitrogens with zero attached hydrogens (tertiary/aromatic N) is 4. The molecule has 0 spiro atoms. The number of amides is 3. The minimum absolute atomic E-state index is 0.0177. The topological polar surface area (TPSA) is 188 Å². The lowest BCUT2D eigenvalue weighted by molar-refractivity contribution is -0.121. The molecule has 11 rings (SSSR count). The van der Waals surface area contributed by atoms with E-state index in [4.69, 9.17) is 14.2 Å². The SMILES string of the molecule is CNC(=O)CC[C@@H](CO)N(C)C(=O)c1ccc2c(c1)c1c(n2C)CC[C@@H](C2CCOCC2)C1.C[N-][C@@H](CCC(=O)NC)COC(c1ccccc1)(c1ccccc1)c1ccccc1.Cn1c2c(c3cc(C(=O)O)ccc31)C[C@H](C1CCOCC1)CC2. The summed E-state index contributed by atoms with van der Waals surface area (Å²) >= 11 is 0. The summed E-state index contributed by atoms with van der Waals surface area (Å²) in [6.07, 6.45) is 13.2. The molecule has 3 amide bonds. The van der Waals surface area contributed by atoms with Crippen molar-refractivity contribution in [3.05, 3.63) is 183 Å². The second-order valence-electron chi connectivity index (χ2n) is 23.8. The molecule has 0 radical (unpaired) electrons.